The fourth-order valence-electron chi connectivity index (χ4n) is 2.63. The highest BCUT2D eigenvalue weighted by molar-refractivity contribution is 5.93. The summed E-state index contributed by atoms with van der Waals surface area (Å²) in [4.78, 5) is 12.2. The van der Waals surface area contributed by atoms with E-state index < -0.39 is 0 Å². The number of anilines is 1. The molecule has 1 aromatic heterocycles. The van der Waals surface area contributed by atoms with E-state index in [4.69, 9.17) is 5.73 Å². The summed E-state index contributed by atoms with van der Waals surface area (Å²) in [7, 11) is 1.83. The first-order chi connectivity index (χ1) is 8.49. The van der Waals surface area contributed by atoms with Gasteiger partial charge in [-0.05, 0) is 32.8 Å². The molecule has 18 heavy (non-hydrogen) atoms. The Morgan fingerprint density at radius 2 is 2.00 bits per heavy atom. The van der Waals surface area contributed by atoms with E-state index in [1.165, 1.54) is 6.42 Å². The summed E-state index contributed by atoms with van der Waals surface area (Å²) in [6.45, 7) is 4.30. The number of nitrogen functional groups attached to an aromatic ring is 1. The molecule has 5 nitrogen and oxygen atoms in total. The Kier molecular flexibility index (Phi) is 3.61. The smallest absolute Gasteiger partial charge is 0.282 e. The number of nitrogens with zero attached hydrogens (tertiary/aromatic N) is 2. The zero-order valence-corrected chi connectivity index (χ0v) is 11.3. The van der Waals surface area contributed by atoms with Gasteiger partial charge in [-0.25, -0.2) is 5.01 Å². The molecule has 2 rings (SSSR count). The molecule has 0 aliphatic carbocycles. The van der Waals surface area contributed by atoms with Crippen molar-refractivity contribution in [2.24, 2.45) is 7.05 Å². The van der Waals surface area contributed by atoms with Gasteiger partial charge in [-0.3, -0.25) is 10.2 Å². The Balaban J connectivity index is 2.08. The SMILES string of the molecule is CC1CCCC(C)N1NC(=O)c1cc(N)cn1C. The van der Waals surface area contributed by atoms with Crippen LogP contribution in [0.25, 0.3) is 0 Å². The summed E-state index contributed by atoms with van der Waals surface area (Å²) in [5.41, 5.74) is 9.91. The lowest BCUT2D eigenvalue weighted by Crippen LogP contribution is -2.54. The summed E-state index contributed by atoms with van der Waals surface area (Å²) in [6.07, 6.45) is 5.23. The van der Waals surface area contributed by atoms with Crippen LogP contribution in [0.4, 0.5) is 5.69 Å². The van der Waals surface area contributed by atoms with E-state index in [1.54, 1.807) is 16.8 Å². The standard InChI is InChI=1S/C13H22N4O/c1-9-5-4-6-10(2)17(9)15-13(18)12-7-11(14)8-16(12)3/h7-10H,4-6,14H2,1-3H3,(H,15,18). The first kappa shape index (κ1) is 13.0. The van der Waals surface area contributed by atoms with Gasteiger partial charge in [-0.1, -0.05) is 6.42 Å². The van der Waals surface area contributed by atoms with Gasteiger partial charge in [0.1, 0.15) is 5.69 Å². The second-order valence-corrected chi connectivity index (χ2v) is 5.25. The molecule has 100 valence electrons. The molecule has 1 saturated heterocycles. The Morgan fingerprint density at radius 1 is 1.39 bits per heavy atom. The first-order valence-electron chi connectivity index (χ1n) is 6.50. The molecule has 1 fully saturated rings. The van der Waals surface area contributed by atoms with Gasteiger partial charge in [0, 0.05) is 25.3 Å². The minimum Gasteiger partial charge on any atom is -0.397 e. The highest BCUT2D eigenvalue weighted by Gasteiger charge is 2.26. The molecule has 2 heterocycles. The van der Waals surface area contributed by atoms with Crippen molar-refractivity contribution >= 4 is 11.6 Å². The second-order valence-electron chi connectivity index (χ2n) is 5.25. The van der Waals surface area contributed by atoms with Gasteiger partial charge in [0.15, 0.2) is 0 Å². The molecule has 0 spiro atoms. The highest BCUT2D eigenvalue weighted by Crippen LogP contribution is 2.20. The molecule has 2 atom stereocenters. The molecule has 0 aromatic carbocycles. The number of carbonyl (C=O) groups excluding carboxylic acids is 1. The van der Waals surface area contributed by atoms with Crippen molar-refractivity contribution in [2.45, 2.75) is 45.2 Å². The summed E-state index contributed by atoms with van der Waals surface area (Å²) < 4.78 is 1.75. The summed E-state index contributed by atoms with van der Waals surface area (Å²) in [6, 6.07) is 2.47. The minimum absolute atomic E-state index is 0.0881. The number of carbonyl (C=O) groups is 1. The van der Waals surface area contributed by atoms with E-state index >= 15 is 0 Å². The van der Waals surface area contributed by atoms with Crippen molar-refractivity contribution in [1.29, 1.82) is 0 Å². The number of nitrogens with two attached hydrogens (primary N) is 1. The summed E-state index contributed by atoms with van der Waals surface area (Å²) in [5.74, 6) is -0.0881. The van der Waals surface area contributed by atoms with Gasteiger partial charge >= 0.3 is 0 Å². The van der Waals surface area contributed by atoms with Gasteiger partial charge in [0.25, 0.3) is 5.91 Å². The first-order valence-corrected chi connectivity index (χ1v) is 6.50. The lowest BCUT2D eigenvalue weighted by atomic mass is 10.00. The molecule has 2 unspecified atom stereocenters. The van der Waals surface area contributed by atoms with E-state index in [1.807, 2.05) is 7.05 Å². The van der Waals surface area contributed by atoms with Crippen LogP contribution < -0.4 is 11.2 Å². The van der Waals surface area contributed by atoms with Crippen LogP contribution in [0.1, 0.15) is 43.6 Å². The van der Waals surface area contributed by atoms with Crippen molar-refractivity contribution in [3.05, 3.63) is 18.0 Å². The Labute approximate surface area is 108 Å². The quantitative estimate of drug-likeness (QED) is 0.836. The zero-order chi connectivity index (χ0) is 13.3. The van der Waals surface area contributed by atoms with Gasteiger partial charge in [0.05, 0.1) is 5.69 Å². The van der Waals surface area contributed by atoms with Crippen LogP contribution in [0, 0.1) is 0 Å². The predicted octanol–water partition coefficient (Wildman–Crippen LogP) is 1.51. The molecule has 5 heteroatoms. The van der Waals surface area contributed by atoms with E-state index in [-0.39, 0.29) is 5.91 Å². The molecule has 0 bridgehead atoms. The molecular weight excluding hydrogens is 228 g/mol. The maximum absolute atomic E-state index is 12.2. The molecule has 1 aliphatic rings. The largest absolute Gasteiger partial charge is 0.397 e. The molecular formula is C13H22N4O. The van der Waals surface area contributed by atoms with Gasteiger partial charge in [-0.15, -0.1) is 0 Å². The Hall–Kier alpha value is -1.49. The van der Waals surface area contributed by atoms with E-state index in [0.717, 1.165) is 12.8 Å². The Bertz CT molecular complexity index is 430. The number of rotatable bonds is 2. The lowest BCUT2D eigenvalue weighted by molar-refractivity contribution is 0.0364. The maximum Gasteiger partial charge on any atom is 0.282 e. The zero-order valence-electron chi connectivity index (χ0n) is 11.3. The average Bonchev–Trinajstić information content (AvgIpc) is 2.63. The normalized spacial score (nSPS) is 25.1. The van der Waals surface area contributed by atoms with Gasteiger partial charge < -0.3 is 10.3 Å². The lowest BCUT2D eigenvalue weighted by Gasteiger charge is -2.38. The molecule has 0 radical (unpaired) electrons. The third-order valence-corrected chi connectivity index (χ3v) is 3.68. The third kappa shape index (κ3) is 2.51. The van der Waals surface area contributed by atoms with Crippen LogP contribution in [0.3, 0.4) is 0 Å². The second kappa shape index (κ2) is 5.02. The molecule has 1 aromatic rings. The minimum atomic E-state index is -0.0881. The summed E-state index contributed by atoms with van der Waals surface area (Å²) in [5, 5.41) is 2.06. The monoisotopic (exact) mass is 250 g/mol. The van der Waals surface area contributed by atoms with E-state index in [9.17, 15) is 4.79 Å². The van der Waals surface area contributed by atoms with Crippen LogP contribution >= 0.6 is 0 Å². The topological polar surface area (TPSA) is 63.3 Å². The van der Waals surface area contributed by atoms with E-state index in [2.05, 4.69) is 24.3 Å². The van der Waals surface area contributed by atoms with Crippen molar-refractivity contribution in [3.63, 3.8) is 0 Å². The Morgan fingerprint density at radius 3 is 2.50 bits per heavy atom. The number of piperidine rings is 1. The third-order valence-electron chi connectivity index (χ3n) is 3.68. The number of aromatic nitrogens is 1. The van der Waals surface area contributed by atoms with Crippen LogP contribution in [0.2, 0.25) is 0 Å². The number of aryl methyl sites for hydroxylation is 1. The summed E-state index contributed by atoms with van der Waals surface area (Å²) >= 11 is 0. The van der Waals surface area contributed by atoms with Crippen LogP contribution in [0.15, 0.2) is 12.3 Å². The molecule has 3 N–H and O–H groups in total. The number of amides is 1. The predicted molar refractivity (Wildman–Crippen MR) is 71.9 cm³/mol. The van der Waals surface area contributed by atoms with Crippen molar-refractivity contribution in [3.8, 4) is 0 Å². The fraction of sp³-hybridized carbons (Fsp3) is 0.615. The van der Waals surface area contributed by atoms with E-state index in [0.29, 0.717) is 23.5 Å². The average molecular weight is 250 g/mol. The fourth-order valence-corrected chi connectivity index (χ4v) is 2.63. The molecule has 1 aliphatic heterocycles. The highest BCUT2D eigenvalue weighted by atomic mass is 16.2. The van der Waals surface area contributed by atoms with Gasteiger partial charge in [-0.2, -0.15) is 0 Å². The maximum atomic E-state index is 12.2. The molecule has 0 saturated carbocycles. The van der Waals surface area contributed by atoms with Gasteiger partial charge in [0.2, 0.25) is 0 Å². The number of hydrazine groups is 1. The molecule has 1 amide bonds. The van der Waals surface area contributed by atoms with Crippen molar-refractivity contribution in [1.82, 2.24) is 15.0 Å². The number of nitrogens with one attached hydrogen (secondary N) is 1. The van der Waals surface area contributed by atoms with Crippen molar-refractivity contribution in [2.75, 3.05) is 5.73 Å². The number of hydrogen-bond acceptors (Lipinski definition) is 3. The number of hydrogen-bond donors (Lipinski definition) is 2. The van der Waals surface area contributed by atoms with Crippen molar-refractivity contribution < 1.29 is 4.79 Å². The van der Waals surface area contributed by atoms with Crippen LogP contribution in [-0.4, -0.2) is 27.6 Å². The van der Waals surface area contributed by atoms with Crippen LogP contribution in [-0.2, 0) is 7.05 Å². The van der Waals surface area contributed by atoms with Crippen LogP contribution in [0.5, 0.6) is 0 Å².